The quantitative estimate of drug-likeness (QED) is 0.553. The molecule has 2 fully saturated rings. The van der Waals surface area contributed by atoms with Crippen LogP contribution in [0.2, 0.25) is 0 Å². The van der Waals surface area contributed by atoms with Gasteiger partial charge in [-0.3, -0.25) is 24.2 Å². The molecule has 2 aliphatic heterocycles. The van der Waals surface area contributed by atoms with Crippen LogP contribution in [0.15, 0.2) is 9.93 Å². The molecule has 2 amide bonds. The van der Waals surface area contributed by atoms with Crippen LogP contribution in [0.3, 0.4) is 0 Å². The van der Waals surface area contributed by atoms with Gasteiger partial charge in [0.2, 0.25) is 5.91 Å². The fraction of sp³-hybridized carbons (Fsp3) is 0.600. The maximum Gasteiger partial charge on any atom is 0.323 e. The second-order valence-electron chi connectivity index (χ2n) is 6.32. The van der Waals surface area contributed by atoms with Crippen molar-refractivity contribution < 1.29 is 19.5 Å². The van der Waals surface area contributed by atoms with E-state index in [0.717, 1.165) is 23.1 Å². The second-order valence-corrected chi connectivity index (χ2v) is 8.92. The minimum absolute atomic E-state index is 0.149. The number of hydrogen-bond acceptors (Lipinski definition) is 6. The first-order valence-corrected chi connectivity index (χ1v) is 9.84. The van der Waals surface area contributed by atoms with Crippen LogP contribution in [-0.4, -0.2) is 55.9 Å². The van der Waals surface area contributed by atoms with Gasteiger partial charge in [0.25, 0.3) is 5.91 Å². The minimum atomic E-state index is -1.11. The molecule has 2 saturated heterocycles. The predicted molar refractivity (Wildman–Crippen MR) is 99.4 cm³/mol. The molecule has 2 rings (SSSR count). The van der Waals surface area contributed by atoms with Gasteiger partial charge in [0.05, 0.1) is 10.8 Å². The van der Waals surface area contributed by atoms with Crippen LogP contribution in [0, 0.1) is 11.8 Å². The molecule has 0 radical (unpaired) electrons. The van der Waals surface area contributed by atoms with Crippen molar-refractivity contribution in [3.05, 3.63) is 9.93 Å². The summed E-state index contributed by atoms with van der Waals surface area (Å²) in [5, 5.41) is 9.39. The molecule has 132 valence electrons. The summed E-state index contributed by atoms with van der Waals surface area (Å²) in [5.74, 6) is -0.639. The number of hydrogen-bond donors (Lipinski definition) is 1. The molecule has 1 atom stereocenters. The van der Waals surface area contributed by atoms with Crippen molar-refractivity contribution in [1.82, 2.24) is 9.80 Å². The molecule has 9 heteroatoms. The molecule has 2 aliphatic rings. The van der Waals surface area contributed by atoms with Gasteiger partial charge in [-0.25, -0.2) is 0 Å². The molecular weight excluding hydrogens is 368 g/mol. The number of thioether (sulfide) groups is 2. The first-order chi connectivity index (χ1) is 11.2. The monoisotopic (exact) mass is 388 g/mol. The number of thiocarbonyl (C=S) groups is 1. The van der Waals surface area contributed by atoms with Crippen molar-refractivity contribution in [2.24, 2.45) is 11.8 Å². The third kappa shape index (κ3) is 4.31. The minimum Gasteiger partial charge on any atom is -0.480 e. The molecule has 1 N–H and O–H groups in total. The van der Waals surface area contributed by atoms with E-state index in [-0.39, 0.29) is 17.6 Å². The van der Waals surface area contributed by atoms with E-state index in [1.54, 1.807) is 4.90 Å². The number of carboxylic acids is 1. The number of nitrogens with zero attached hydrogens (tertiary/aromatic N) is 2. The highest BCUT2D eigenvalue weighted by Crippen LogP contribution is 2.41. The molecule has 6 nitrogen and oxygen atoms in total. The van der Waals surface area contributed by atoms with E-state index in [1.165, 1.54) is 11.8 Å². The van der Waals surface area contributed by atoms with E-state index in [4.69, 9.17) is 17.3 Å². The van der Waals surface area contributed by atoms with Crippen LogP contribution in [-0.2, 0) is 14.4 Å². The highest BCUT2D eigenvalue weighted by atomic mass is 32.2. The van der Waals surface area contributed by atoms with Gasteiger partial charge < -0.3 is 5.11 Å². The Hall–Kier alpha value is -1.06. The van der Waals surface area contributed by atoms with Crippen LogP contribution < -0.4 is 0 Å². The van der Waals surface area contributed by atoms with Gasteiger partial charge in [0.1, 0.15) is 15.8 Å². The maximum atomic E-state index is 12.7. The molecular formula is C15H20N2O4S3. The standard InChI is InChI=1S/C15H20N2O4S3/c1-8(2)4-9(3)5-17-13(21)12(24-15(17)22)14-16(6-11(19)20)10(18)7-23-14/h8-9H,4-7H2,1-3H3,(H,19,20)/b14-12+. The predicted octanol–water partition coefficient (Wildman–Crippen LogP) is 2.36. The van der Waals surface area contributed by atoms with Gasteiger partial charge in [-0.2, -0.15) is 0 Å². The number of aliphatic carboxylic acids is 1. The van der Waals surface area contributed by atoms with Gasteiger partial charge in [-0.1, -0.05) is 56.5 Å². The fourth-order valence-electron chi connectivity index (χ4n) is 2.76. The van der Waals surface area contributed by atoms with Crippen molar-refractivity contribution in [2.45, 2.75) is 27.2 Å². The number of rotatable bonds is 6. The average Bonchev–Trinajstić information content (AvgIpc) is 2.93. The van der Waals surface area contributed by atoms with Crippen molar-refractivity contribution in [1.29, 1.82) is 0 Å². The van der Waals surface area contributed by atoms with Crippen molar-refractivity contribution in [3.8, 4) is 0 Å². The topological polar surface area (TPSA) is 77.9 Å². The van der Waals surface area contributed by atoms with Crippen LogP contribution >= 0.6 is 35.7 Å². The molecule has 0 bridgehead atoms. The summed E-state index contributed by atoms with van der Waals surface area (Å²) >= 11 is 7.68. The zero-order chi connectivity index (χ0) is 18.0. The Morgan fingerprint density at radius 2 is 1.96 bits per heavy atom. The molecule has 0 saturated carbocycles. The Morgan fingerprint density at radius 1 is 1.29 bits per heavy atom. The van der Waals surface area contributed by atoms with Crippen LogP contribution in [0.5, 0.6) is 0 Å². The van der Waals surface area contributed by atoms with Gasteiger partial charge >= 0.3 is 5.97 Å². The molecule has 0 aromatic heterocycles. The highest BCUT2D eigenvalue weighted by molar-refractivity contribution is 8.27. The number of carbonyl (C=O) groups is 3. The third-order valence-corrected chi connectivity index (χ3v) is 6.24. The average molecular weight is 389 g/mol. The number of carboxylic acid groups (broad SMARTS) is 1. The van der Waals surface area contributed by atoms with Crippen molar-refractivity contribution in [3.63, 3.8) is 0 Å². The van der Waals surface area contributed by atoms with Crippen LogP contribution in [0.25, 0.3) is 0 Å². The second kappa shape index (κ2) is 7.88. The third-order valence-electron chi connectivity index (χ3n) is 3.58. The molecule has 24 heavy (non-hydrogen) atoms. The summed E-state index contributed by atoms with van der Waals surface area (Å²) in [7, 11) is 0. The van der Waals surface area contributed by atoms with E-state index in [2.05, 4.69) is 20.8 Å². The lowest BCUT2D eigenvalue weighted by Crippen LogP contribution is -2.34. The summed E-state index contributed by atoms with van der Waals surface area (Å²) in [6.45, 7) is 6.45. The Balaban J connectivity index is 2.20. The van der Waals surface area contributed by atoms with Gasteiger partial charge in [-0.05, 0) is 18.3 Å². The van der Waals surface area contributed by atoms with Crippen LogP contribution in [0.4, 0.5) is 0 Å². The highest BCUT2D eigenvalue weighted by Gasteiger charge is 2.40. The molecule has 0 spiro atoms. The smallest absolute Gasteiger partial charge is 0.323 e. The largest absolute Gasteiger partial charge is 0.480 e. The Bertz CT molecular complexity index is 618. The first-order valence-electron chi connectivity index (χ1n) is 7.63. The Kier molecular flexibility index (Phi) is 6.33. The molecule has 0 aromatic carbocycles. The number of carbonyl (C=O) groups excluding carboxylic acids is 2. The lowest BCUT2D eigenvalue weighted by atomic mass is 9.98. The Morgan fingerprint density at radius 3 is 2.54 bits per heavy atom. The zero-order valence-electron chi connectivity index (χ0n) is 13.8. The normalized spacial score (nSPS) is 22.9. The van der Waals surface area contributed by atoms with E-state index in [1.807, 2.05) is 0 Å². The summed E-state index contributed by atoms with van der Waals surface area (Å²) in [4.78, 5) is 38.7. The van der Waals surface area contributed by atoms with E-state index in [0.29, 0.717) is 32.6 Å². The zero-order valence-corrected chi connectivity index (χ0v) is 16.2. The van der Waals surface area contributed by atoms with E-state index >= 15 is 0 Å². The molecule has 2 heterocycles. The lowest BCUT2D eigenvalue weighted by molar-refractivity contribution is -0.141. The Labute approximate surface area is 155 Å². The van der Waals surface area contributed by atoms with Crippen molar-refractivity contribution >= 4 is 57.8 Å². The maximum absolute atomic E-state index is 12.7. The fourth-order valence-corrected chi connectivity index (χ4v) is 5.26. The molecule has 1 unspecified atom stereocenters. The van der Waals surface area contributed by atoms with Crippen molar-refractivity contribution in [2.75, 3.05) is 18.8 Å². The molecule has 0 aliphatic carbocycles. The summed E-state index contributed by atoms with van der Waals surface area (Å²) < 4.78 is 0.466. The first kappa shape index (κ1) is 19.3. The van der Waals surface area contributed by atoms with E-state index in [9.17, 15) is 14.4 Å². The van der Waals surface area contributed by atoms with Gasteiger partial charge in [0, 0.05) is 6.54 Å². The van der Waals surface area contributed by atoms with Crippen LogP contribution in [0.1, 0.15) is 27.2 Å². The summed E-state index contributed by atoms with van der Waals surface area (Å²) in [6, 6.07) is 0. The van der Waals surface area contributed by atoms with Gasteiger partial charge in [-0.15, -0.1) is 0 Å². The molecule has 0 aromatic rings. The van der Waals surface area contributed by atoms with E-state index < -0.39 is 12.5 Å². The summed E-state index contributed by atoms with van der Waals surface area (Å²) in [6.07, 6.45) is 0.987. The lowest BCUT2D eigenvalue weighted by Gasteiger charge is -2.21. The number of amides is 2. The summed E-state index contributed by atoms with van der Waals surface area (Å²) in [5.41, 5.74) is 0. The SMILES string of the molecule is CC(C)CC(C)CN1C(=O)/C(=C2\SCC(=O)N2CC(=O)O)SC1=S. The van der Waals surface area contributed by atoms with Gasteiger partial charge in [0.15, 0.2) is 0 Å².